The van der Waals surface area contributed by atoms with Crippen LogP contribution in [-0.4, -0.2) is 19.1 Å². The van der Waals surface area contributed by atoms with E-state index in [0.29, 0.717) is 5.95 Å². The summed E-state index contributed by atoms with van der Waals surface area (Å²) < 4.78 is 4.65. The standard InChI is InChI=1S/C50H32N4/c1-4-14-33(15-5-1)36-26-37(34-16-6-2-7-17-34)28-38(27-36)39-31-51-50(52-32-39)54-46-23-13-12-22-42(46)44-29-47-45(30-48(44)54)43-25-24-35-18-10-11-21-41(35)49(43)53(47)40-19-8-3-9-20-40/h1-32H. The van der Waals surface area contributed by atoms with Crippen LogP contribution in [0.2, 0.25) is 0 Å². The molecule has 0 aliphatic carbocycles. The first-order chi connectivity index (χ1) is 26.8. The fourth-order valence-corrected chi connectivity index (χ4v) is 8.27. The normalized spacial score (nSPS) is 11.7. The summed E-state index contributed by atoms with van der Waals surface area (Å²) in [6.45, 7) is 0. The van der Waals surface area contributed by atoms with Crippen LogP contribution in [0.3, 0.4) is 0 Å². The van der Waals surface area contributed by atoms with Crippen LogP contribution in [0.1, 0.15) is 0 Å². The average Bonchev–Trinajstić information content (AvgIpc) is 3.76. The summed E-state index contributed by atoms with van der Waals surface area (Å²) in [4.78, 5) is 10.2. The topological polar surface area (TPSA) is 35.6 Å². The zero-order valence-corrected chi connectivity index (χ0v) is 29.3. The molecule has 0 unspecified atom stereocenters. The van der Waals surface area contributed by atoms with E-state index in [1.165, 1.54) is 49.1 Å². The maximum absolute atomic E-state index is 5.09. The third-order valence-corrected chi connectivity index (χ3v) is 10.8. The minimum atomic E-state index is 0.643. The van der Waals surface area contributed by atoms with Gasteiger partial charge in [0.2, 0.25) is 5.95 Å². The molecule has 252 valence electrons. The minimum Gasteiger partial charge on any atom is -0.309 e. The highest BCUT2D eigenvalue weighted by Gasteiger charge is 2.20. The molecule has 0 spiro atoms. The second-order valence-electron chi connectivity index (χ2n) is 13.9. The second kappa shape index (κ2) is 12.1. The molecule has 0 aliphatic heterocycles. The van der Waals surface area contributed by atoms with E-state index in [-0.39, 0.29) is 0 Å². The molecule has 0 N–H and O–H groups in total. The summed E-state index contributed by atoms with van der Waals surface area (Å²) in [6, 6.07) is 65.0. The van der Waals surface area contributed by atoms with Crippen LogP contribution in [0.15, 0.2) is 194 Å². The summed E-state index contributed by atoms with van der Waals surface area (Å²) >= 11 is 0. The summed E-state index contributed by atoms with van der Waals surface area (Å²) in [5, 5.41) is 7.20. The third-order valence-electron chi connectivity index (χ3n) is 10.8. The molecular weight excluding hydrogens is 657 g/mol. The number of nitrogens with zero attached hydrogens (tertiary/aromatic N) is 4. The fraction of sp³-hybridized carbons (Fsp3) is 0. The van der Waals surface area contributed by atoms with E-state index < -0.39 is 0 Å². The first-order valence-electron chi connectivity index (χ1n) is 18.3. The van der Waals surface area contributed by atoms with Gasteiger partial charge in [-0.3, -0.25) is 4.57 Å². The van der Waals surface area contributed by atoms with E-state index in [1.807, 2.05) is 12.4 Å². The summed E-state index contributed by atoms with van der Waals surface area (Å²) in [7, 11) is 0. The maximum Gasteiger partial charge on any atom is 0.234 e. The van der Waals surface area contributed by atoms with Gasteiger partial charge in [-0.25, -0.2) is 9.97 Å². The molecule has 54 heavy (non-hydrogen) atoms. The third kappa shape index (κ3) is 4.78. The predicted molar refractivity (Wildman–Crippen MR) is 225 cm³/mol. The Labute approximate surface area is 311 Å². The fourth-order valence-electron chi connectivity index (χ4n) is 8.27. The van der Waals surface area contributed by atoms with Crippen molar-refractivity contribution in [3.8, 4) is 45.0 Å². The van der Waals surface area contributed by atoms with Crippen molar-refractivity contribution >= 4 is 54.4 Å². The van der Waals surface area contributed by atoms with E-state index in [1.54, 1.807) is 0 Å². The number of para-hydroxylation sites is 2. The van der Waals surface area contributed by atoms with E-state index in [2.05, 4.69) is 191 Å². The zero-order chi connectivity index (χ0) is 35.6. The molecule has 0 saturated heterocycles. The highest BCUT2D eigenvalue weighted by Crippen LogP contribution is 2.41. The molecule has 3 aromatic heterocycles. The molecule has 0 atom stereocenters. The number of rotatable bonds is 5. The van der Waals surface area contributed by atoms with Crippen LogP contribution < -0.4 is 0 Å². The van der Waals surface area contributed by atoms with Gasteiger partial charge in [-0.1, -0.05) is 133 Å². The van der Waals surface area contributed by atoms with Gasteiger partial charge in [-0.15, -0.1) is 0 Å². The van der Waals surface area contributed by atoms with Crippen molar-refractivity contribution in [3.63, 3.8) is 0 Å². The van der Waals surface area contributed by atoms with Gasteiger partial charge >= 0.3 is 0 Å². The number of aromatic nitrogens is 4. The predicted octanol–water partition coefficient (Wildman–Crippen LogP) is 12.8. The van der Waals surface area contributed by atoms with Crippen molar-refractivity contribution in [2.75, 3.05) is 0 Å². The van der Waals surface area contributed by atoms with Crippen LogP contribution in [0.5, 0.6) is 0 Å². The van der Waals surface area contributed by atoms with Crippen LogP contribution in [-0.2, 0) is 0 Å². The first-order valence-corrected chi connectivity index (χ1v) is 18.3. The molecule has 11 rings (SSSR count). The second-order valence-corrected chi connectivity index (χ2v) is 13.9. The smallest absolute Gasteiger partial charge is 0.234 e. The van der Waals surface area contributed by atoms with Crippen molar-refractivity contribution in [2.45, 2.75) is 0 Å². The molecule has 8 aromatic carbocycles. The van der Waals surface area contributed by atoms with Gasteiger partial charge in [0.15, 0.2) is 0 Å². The quantitative estimate of drug-likeness (QED) is 0.180. The molecular formula is C50H32N4. The number of hydrogen-bond acceptors (Lipinski definition) is 2. The van der Waals surface area contributed by atoms with Crippen molar-refractivity contribution < 1.29 is 0 Å². The Morgan fingerprint density at radius 1 is 0.315 bits per heavy atom. The largest absolute Gasteiger partial charge is 0.309 e. The van der Waals surface area contributed by atoms with Gasteiger partial charge in [-0.2, -0.15) is 0 Å². The summed E-state index contributed by atoms with van der Waals surface area (Å²) in [5.41, 5.74) is 12.4. The van der Waals surface area contributed by atoms with Crippen LogP contribution in [0, 0.1) is 0 Å². The average molecular weight is 689 g/mol. The highest BCUT2D eigenvalue weighted by atomic mass is 15.1. The molecule has 11 aromatic rings. The Kier molecular flexibility index (Phi) is 6.82. The summed E-state index contributed by atoms with van der Waals surface area (Å²) in [6.07, 6.45) is 3.93. The lowest BCUT2D eigenvalue weighted by Crippen LogP contribution is -2.01. The Morgan fingerprint density at radius 2 is 0.833 bits per heavy atom. The van der Waals surface area contributed by atoms with E-state index in [4.69, 9.17) is 9.97 Å². The van der Waals surface area contributed by atoms with Gasteiger partial charge in [0.05, 0.1) is 22.1 Å². The number of hydrogen-bond donors (Lipinski definition) is 0. The van der Waals surface area contributed by atoms with Gasteiger partial charge in [0, 0.05) is 50.6 Å². The van der Waals surface area contributed by atoms with Crippen LogP contribution >= 0.6 is 0 Å². The van der Waals surface area contributed by atoms with Crippen molar-refractivity contribution in [1.82, 2.24) is 19.1 Å². The van der Waals surface area contributed by atoms with Gasteiger partial charge in [0.1, 0.15) is 0 Å². The van der Waals surface area contributed by atoms with E-state index in [9.17, 15) is 0 Å². The molecule has 0 bridgehead atoms. The van der Waals surface area contributed by atoms with Gasteiger partial charge in [-0.05, 0) is 81.7 Å². The van der Waals surface area contributed by atoms with Crippen LogP contribution in [0.25, 0.3) is 99.4 Å². The van der Waals surface area contributed by atoms with Gasteiger partial charge in [0.25, 0.3) is 0 Å². The molecule has 0 amide bonds. The van der Waals surface area contributed by atoms with E-state index >= 15 is 0 Å². The Balaban J connectivity index is 1.12. The molecule has 0 saturated carbocycles. The Bertz CT molecular complexity index is 3120. The maximum atomic E-state index is 5.09. The van der Waals surface area contributed by atoms with Crippen molar-refractivity contribution in [1.29, 1.82) is 0 Å². The number of benzene rings is 8. The lowest BCUT2D eigenvalue weighted by Gasteiger charge is -2.12. The molecule has 0 fully saturated rings. The highest BCUT2D eigenvalue weighted by molar-refractivity contribution is 6.23. The molecule has 0 radical (unpaired) electrons. The SMILES string of the molecule is c1ccc(-c2cc(-c3ccccc3)cc(-c3cnc(-n4c5ccccc5c5cc6c(cc54)c4ccc5ccccc5c4n6-c4ccccc4)nc3)c2)cc1. The monoisotopic (exact) mass is 688 g/mol. The molecule has 3 heterocycles. The molecule has 4 heteroatoms. The summed E-state index contributed by atoms with van der Waals surface area (Å²) in [5.74, 6) is 0.643. The lowest BCUT2D eigenvalue weighted by atomic mass is 9.94. The molecule has 0 aliphatic rings. The van der Waals surface area contributed by atoms with Crippen LogP contribution in [0.4, 0.5) is 0 Å². The first kappa shape index (κ1) is 30.3. The van der Waals surface area contributed by atoms with Gasteiger partial charge < -0.3 is 4.57 Å². The minimum absolute atomic E-state index is 0.643. The van der Waals surface area contributed by atoms with Crippen molar-refractivity contribution in [2.24, 2.45) is 0 Å². The Morgan fingerprint density at radius 3 is 1.50 bits per heavy atom. The number of fused-ring (bicyclic) bond motifs is 8. The molecule has 4 nitrogen and oxygen atoms in total. The Hall–Kier alpha value is -7.30. The van der Waals surface area contributed by atoms with E-state index in [0.717, 1.165) is 44.4 Å². The lowest BCUT2D eigenvalue weighted by molar-refractivity contribution is 0.990. The zero-order valence-electron chi connectivity index (χ0n) is 29.3. The van der Waals surface area contributed by atoms with Crippen molar-refractivity contribution in [3.05, 3.63) is 194 Å².